The van der Waals surface area contributed by atoms with E-state index in [0.29, 0.717) is 11.1 Å². The smallest absolute Gasteiger partial charge is 0.480 e. The van der Waals surface area contributed by atoms with E-state index in [4.69, 9.17) is 15.0 Å². The predicted octanol–water partition coefficient (Wildman–Crippen LogP) is 1.96. The molecule has 0 spiro atoms. The van der Waals surface area contributed by atoms with Crippen LogP contribution in [-0.2, 0) is 16.1 Å². The second-order valence-corrected chi connectivity index (χ2v) is 4.32. The number of halogens is 3. The van der Waals surface area contributed by atoms with Crippen molar-refractivity contribution < 1.29 is 37.8 Å². The minimum atomic E-state index is -5.08. The van der Waals surface area contributed by atoms with Crippen LogP contribution in [0, 0.1) is 0 Å². The maximum atomic E-state index is 11.4. The average Bonchev–Trinajstić information content (AvgIpc) is 2.77. The fourth-order valence-corrected chi connectivity index (χ4v) is 1.69. The molecule has 0 fully saturated rings. The number of nitrogens with zero attached hydrogens (tertiary/aromatic N) is 2. The van der Waals surface area contributed by atoms with Gasteiger partial charge in [-0.05, 0) is 13.0 Å². The number of carbonyl (C=O) groups is 3. The third kappa shape index (κ3) is 4.80. The zero-order valence-corrected chi connectivity index (χ0v) is 11.7. The number of carbonyl (C=O) groups excluding carboxylic acids is 1. The van der Waals surface area contributed by atoms with Gasteiger partial charge in [-0.25, -0.2) is 4.79 Å². The molecular formula is C13H11F3N2O5. The zero-order valence-electron chi connectivity index (χ0n) is 11.7. The molecule has 2 aromatic rings. The van der Waals surface area contributed by atoms with Crippen molar-refractivity contribution in [1.82, 2.24) is 9.55 Å². The monoisotopic (exact) mass is 332 g/mol. The average molecular weight is 332 g/mol. The fraction of sp³-hybridized carbons (Fsp3) is 0.231. The van der Waals surface area contributed by atoms with Gasteiger partial charge in [0.1, 0.15) is 6.54 Å². The summed E-state index contributed by atoms with van der Waals surface area (Å²) in [5, 5.41) is 16.6. The molecule has 0 radical (unpaired) electrons. The van der Waals surface area contributed by atoms with Crippen LogP contribution in [0.25, 0.3) is 10.9 Å². The number of aliphatic carboxylic acids is 2. The number of hydrogen-bond acceptors (Lipinski definition) is 4. The molecule has 0 amide bonds. The molecule has 0 aliphatic carbocycles. The Morgan fingerprint density at radius 2 is 1.83 bits per heavy atom. The van der Waals surface area contributed by atoms with E-state index in [-0.39, 0.29) is 12.3 Å². The lowest BCUT2D eigenvalue weighted by Gasteiger charge is -1.98. The van der Waals surface area contributed by atoms with Crippen molar-refractivity contribution in [2.24, 2.45) is 0 Å². The van der Waals surface area contributed by atoms with E-state index in [9.17, 15) is 22.8 Å². The quantitative estimate of drug-likeness (QED) is 0.832. The van der Waals surface area contributed by atoms with Gasteiger partial charge in [0.15, 0.2) is 5.78 Å². The highest BCUT2D eigenvalue weighted by molar-refractivity contribution is 6.06. The summed E-state index contributed by atoms with van der Waals surface area (Å²) in [6, 6.07) is 1.71. The molecule has 2 rings (SSSR count). The Labute approximate surface area is 127 Å². The molecule has 23 heavy (non-hydrogen) atoms. The number of ketones is 1. The van der Waals surface area contributed by atoms with Gasteiger partial charge in [0.05, 0.1) is 11.7 Å². The third-order valence-corrected chi connectivity index (χ3v) is 2.61. The molecule has 2 N–H and O–H groups in total. The van der Waals surface area contributed by atoms with E-state index in [1.807, 2.05) is 0 Å². The van der Waals surface area contributed by atoms with Gasteiger partial charge in [0.2, 0.25) is 0 Å². The topological polar surface area (TPSA) is 109 Å². The first-order valence-corrected chi connectivity index (χ1v) is 5.99. The van der Waals surface area contributed by atoms with Crippen LogP contribution in [0.5, 0.6) is 0 Å². The molecule has 2 aromatic heterocycles. The van der Waals surface area contributed by atoms with Gasteiger partial charge in [-0.15, -0.1) is 0 Å². The lowest BCUT2D eigenvalue weighted by Crippen LogP contribution is -2.21. The molecule has 0 aliphatic heterocycles. The predicted molar refractivity (Wildman–Crippen MR) is 71.1 cm³/mol. The summed E-state index contributed by atoms with van der Waals surface area (Å²) in [5.41, 5.74) is 1.19. The summed E-state index contributed by atoms with van der Waals surface area (Å²) in [6.45, 7) is 1.29. The number of rotatable bonds is 3. The molecular weight excluding hydrogens is 321 g/mol. The molecule has 0 bridgehead atoms. The number of alkyl halides is 3. The van der Waals surface area contributed by atoms with Crippen LogP contribution in [0.15, 0.2) is 24.7 Å². The molecule has 10 heteroatoms. The standard InChI is InChI=1S/C11H10N2O3.C2HF3O2/c1-7(14)9-5-13(6-11(15)16)10-4-12-3-2-8(9)10;3-2(4,5)1(6)7/h2-5H,6H2,1H3,(H,15,16);(H,6,7). The van der Waals surface area contributed by atoms with Gasteiger partial charge in [0, 0.05) is 23.3 Å². The third-order valence-electron chi connectivity index (χ3n) is 2.61. The number of hydrogen-bond donors (Lipinski definition) is 2. The van der Waals surface area contributed by atoms with Crippen molar-refractivity contribution in [3.8, 4) is 0 Å². The Morgan fingerprint density at radius 1 is 1.26 bits per heavy atom. The Morgan fingerprint density at radius 3 is 2.26 bits per heavy atom. The molecule has 2 heterocycles. The van der Waals surface area contributed by atoms with Gasteiger partial charge in [0.25, 0.3) is 0 Å². The van der Waals surface area contributed by atoms with E-state index in [1.165, 1.54) is 11.5 Å². The maximum absolute atomic E-state index is 11.4. The first kappa shape index (κ1) is 18.1. The fourth-order valence-electron chi connectivity index (χ4n) is 1.69. The van der Waals surface area contributed by atoms with Crippen molar-refractivity contribution >= 4 is 28.6 Å². The van der Waals surface area contributed by atoms with Crippen LogP contribution >= 0.6 is 0 Å². The lowest BCUT2D eigenvalue weighted by molar-refractivity contribution is -0.192. The first-order valence-electron chi connectivity index (χ1n) is 5.99. The van der Waals surface area contributed by atoms with Crippen molar-refractivity contribution in [2.45, 2.75) is 19.6 Å². The summed E-state index contributed by atoms with van der Waals surface area (Å²) in [6.07, 6.45) is -0.382. The Balaban J connectivity index is 0.000000322. The second kappa shape index (κ2) is 6.90. The molecule has 124 valence electrons. The molecule has 0 saturated heterocycles. The normalized spacial score (nSPS) is 10.8. The van der Waals surface area contributed by atoms with E-state index < -0.39 is 18.1 Å². The van der Waals surface area contributed by atoms with E-state index >= 15 is 0 Å². The number of Topliss-reactive ketones (excluding diaryl/α,β-unsaturated/α-hetero) is 1. The van der Waals surface area contributed by atoms with Crippen molar-refractivity contribution in [1.29, 1.82) is 0 Å². The molecule has 0 unspecified atom stereocenters. The number of carboxylic acids is 2. The SMILES string of the molecule is CC(=O)c1cn(CC(=O)O)c2cnccc12.O=C(O)C(F)(F)F. The summed E-state index contributed by atoms with van der Waals surface area (Å²) >= 11 is 0. The van der Waals surface area contributed by atoms with Crippen LogP contribution in [0.3, 0.4) is 0 Å². The minimum Gasteiger partial charge on any atom is -0.480 e. The van der Waals surface area contributed by atoms with Crippen LogP contribution in [-0.4, -0.2) is 43.7 Å². The molecule has 0 aliphatic rings. The number of pyridine rings is 1. The van der Waals surface area contributed by atoms with Gasteiger partial charge in [-0.2, -0.15) is 13.2 Å². The highest BCUT2D eigenvalue weighted by Crippen LogP contribution is 2.20. The Bertz CT molecular complexity index is 752. The van der Waals surface area contributed by atoms with E-state index in [0.717, 1.165) is 5.39 Å². The van der Waals surface area contributed by atoms with E-state index in [2.05, 4.69) is 4.98 Å². The maximum Gasteiger partial charge on any atom is 0.490 e. The summed E-state index contributed by atoms with van der Waals surface area (Å²) in [7, 11) is 0. The van der Waals surface area contributed by atoms with Gasteiger partial charge >= 0.3 is 18.1 Å². The van der Waals surface area contributed by atoms with Crippen LogP contribution < -0.4 is 0 Å². The van der Waals surface area contributed by atoms with E-state index in [1.54, 1.807) is 24.7 Å². The highest BCUT2D eigenvalue weighted by atomic mass is 19.4. The van der Waals surface area contributed by atoms with Gasteiger partial charge < -0.3 is 14.8 Å². The Hall–Kier alpha value is -2.91. The molecule has 0 atom stereocenters. The van der Waals surface area contributed by atoms with Crippen molar-refractivity contribution in [2.75, 3.05) is 0 Å². The lowest BCUT2D eigenvalue weighted by atomic mass is 10.1. The first-order chi connectivity index (χ1) is 10.5. The Kier molecular flexibility index (Phi) is 5.44. The van der Waals surface area contributed by atoms with Crippen LogP contribution in [0.4, 0.5) is 13.2 Å². The summed E-state index contributed by atoms with van der Waals surface area (Å²) in [4.78, 5) is 34.9. The van der Waals surface area contributed by atoms with Crippen molar-refractivity contribution in [3.63, 3.8) is 0 Å². The number of aromatic nitrogens is 2. The number of fused-ring (bicyclic) bond motifs is 1. The summed E-state index contributed by atoms with van der Waals surface area (Å²) < 4.78 is 33.3. The van der Waals surface area contributed by atoms with Gasteiger partial charge in [-0.3, -0.25) is 14.6 Å². The second-order valence-electron chi connectivity index (χ2n) is 4.32. The molecule has 7 nitrogen and oxygen atoms in total. The highest BCUT2D eigenvalue weighted by Gasteiger charge is 2.38. The largest absolute Gasteiger partial charge is 0.490 e. The zero-order chi connectivity index (χ0) is 17.8. The molecule has 0 aromatic carbocycles. The number of carboxylic acid groups (broad SMARTS) is 2. The summed E-state index contributed by atoms with van der Waals surface area (Å²) in [5.74, 6) is -3.79. The minimum absolute atomic E-state index is 0.0830. The van der Waals surface area contributed by atoms with Crippen LogP contribution in [0.2, 0.25) is 0 Å². The molecule has 0 saturated carbocycles. The van der Waals surface area contributed by atoms with Crippen molar-refractivity contribution in [3.05, 3.63) is 30.2 Å². The van der Waals surface area contributed by atoms with Crippen LogP contribution in [0.1, 0.15) is 17.3 Å². The van der Waals surface area contributed by atoms with Gasteiger partial charge in [-0.1, -0.05) is 0 Å².